The molecule has 14 nitrogen and oxygen atoms in total. The van der Waals surface area contributed by atoms with Crippen LogP contribution in [0.15, 0.2) is 74.3 Å². The summed E-state index contributed by atoms with van der Waals surface area (Å²) in [6.07, 6.45) is 4.53. The molecule has 0 unspecified atom stereocenters. The van der Waals surface area contributed by atoms with E-state index in [2.05, 4.69) is 15.0 Å². The molecular formula is C36H44N8O6. The van der Waals surface area contributed by atoms with Gasteiger partial charge < -0.3 is 26.4 Å². The van der Waals surface area contributed by atoms with Crippen molar-refractivity contribution in [3.8, 4) is 16.9 Å². The van der Waals surface area contributed by atoms with Gasteiger partial charge in [-0.1, -0.05) is 42.8 Å². The van der Waals surface area contributed by atoms with Gasteiger partial charge in [-0.3, -0.25) is 29.6 Å². The summed E-state index contributed by atoms with van der Waals surface area (Å²) in [4.78, 5) is 45.0. The standard InChI is InChI=1S/C36H44N8O6/c37-13-2-1-3-16-43(39)30-22-28-29(23-31(30)44(48)49)36(47)34(41-38)33(35(28)46)40-14-12-24-6-9-26(10-7-24)27-11-8-25(21-32(27)45)5-4-15-42-17-19-50-20-18-42/h6-11,21-23,45H,1-5,12-20,37-39H2. The molecule has 264 valence electrons. The summed E-state index contributed by atoms with van der Waals surface area (Å²) < 4.78 is 5.41. The van der Waals surface area contributed by atoms with E-state index in [0.717, 1.165) is 86.9 Å². The van der Waals surface area contributed by atoms with Crippen LogP contribution in [0, 0.1) is 10.1 Å². The number of nitro benzene ring substituents is 1. The van der Waals surface area contributed by atoms with Gasteiger partial charge in [0.05, 0.1) is 18.1 Å². The van der Waals surface area contributed by atoms with Gasteiger partial charge in [-0.05, 0) is 74.0 Å². The molecule has 0 aliphatic carbocycles. The van der Waals surface area contributed by atoms with Gasteiger partial charge in [-0.25, -0.2) is 5.84 Å². The summed E-state index contributed by atoms with van der Waals surface area (Å²) >= 11 is 0. The number of nitro groups is 1. The lowest BCUT2D eigenvalue weighted by Crippen LogP contribution is -2.49. The van der Waals surface area contributed by atoms with E-state index in [1.807, 2.05) is 42.5 Å². The van der Waals surface area contributed by atoms with Crippen molar-refractivity contribution < 1.29 is 14.8 Å². The number of nitrogens with zero attached hydrogens (tertiary/aromatic N) is 5. The summed E-state index contributed by atoms with van der Waals surface area (Å²) in [7, 11) is 0. The van der Waals surface area contributed by atoms with E-state index in [1.165, 1.54) is 11.1 Å². The summed E-state index contributed by atoms with van der Waals surface area (Å²) in [6, 6.07) is 15.8. The first-order valence-electron chi connectivity index (χ1n) is 16.9. The maximum atomic E-state index is 13.6. The van der Waals surface area contributed by atoms with Crippen molar-refractivity contribution in [1.82, 2.24) is 4.90 Å². The number of hydrogen-bond donors (Lipinski definition) is 4. The first kappa shape index (κ1) is 36.3. The molecule has 0 radical (unpaired) electrons. The second-order valence-electron chi connectivity index (χ2n) is 12.4. The van der Waals surface area contributed by atoms with Crippen LogP contribution in [0.25, 0.3) is 21.9 Å². The number of rotatable bonds is 15. The Morgan fingerprint density at radius 1 is 0.900 bits per heavy atom. The van der Waals surface area contributed by atoms with Crippen molar-refractivity contribution >= 4 is 22.1 Å². The van der Waals surface area contributed by atoms with Crippen molar-refractivity contribution in [2.24, 2.45) is 27.5 Å². The molecule has 1 fully saturated rings. The van der Waals surface area contributed by atoms with Crippen LogP contribution in [0.1, 0.15) is 36.8 Å². The summed E-state index contributed by atoms with van der Waals surface area (Å²) in [6.45, 7) is 5.45. The molecule has 5 rings (SSSR count). The molecule has 1 aliphatic heterocycles. The Morgan fingerprint density at radius 3 is 2.28 bits per heavy atom. The number of morpholine rings is 1. The summed E-state index contributed by atoms with van der Waals surface area (Å²) in [5.74, 6) is 11.9. The molecule has 1 heterocycles. The predicted molar refractivity (Wildman–Crippen MR) is 193 cm³/mol. The molecule has 0 saturated carbocycles. The topological polar surface area (TPSA) is 216 Å². The van der Waals surface area contributed by atoms with E-state index in [4.69, 9.17) is 22.2 Å². The van der Waals surface area contributed by atoms with E-state index in [1.54, 1.807) is 0 Å². The number of phenolic OH excluding ortho intramolecular Hbond substituents is 1. The second-order valence-corrected chi connectivity index (χ2v) is 12.4. The van der Waals surface area contributed by atoms with Crippen LogP contribution >= 0.6 is 0 Å². The third kappa shape index (κ3) is 8.58. The van der Waals surface area contributed by atoms with Crippen LogP contribution in [0.3, 0.4) is 0 Å². The molecule has 4 aromatic rings. The summed E-state index contributed by atoms with van der Waals surface area (Å²) in [5, 5.41) is 26.6. The van der Waals surface area contributed by atoms with Gasteiger partial charge in [0, 0.05) is 48.6 Å². The molecule has 7 N–H and O–H groups in total. The molecule has 1 aliphatic rings. The molecular weight excluding hydrogens is 640 g/mol. The number of phenols is 1. The van der Waals surface area contributed by atoms with Crippen LogP contribution in [0.5, 0.6) is 5.75 Å². The zero-order chi connectivity index (χ0) is 35.6. The highest BCUT2D eigenvalue weighted by Gasteiger charge is 2.23. The monoisotopic (exact) mass is 684 g/mol. The molecule has 0 bridgehead atoms. The van der Waals surface area contributed by atoms with Gasteiger partial charge in [0.15, 0.2) is 5.36 Å². The van der Waals surface area contributed by atoms with Crippen molar-refractivity contribution in [3.05, 3.63) is 107 Å². The SMILES string of the molecule is NCCCCCN(N)c1cc2c(=O)c(=NCCc3ccc(-c4ccc(CCCN5CCOCC5)cc4O)cc3)c(=NN)c(=O)c2cc1[N+](=O)[O-]. The Labute approximate surface area is 288 Å². The molecule has 14 heteroatoms. The zero-order valence-electron chi connectivity index (χ0n) is 28.1. The molecule has 4 aromatic carbocycles. The number of hydrogen-bond acceptors (Lipinski definition) is 13. The van der Waals surface area contributed by atoms with Crippen LogP contribution in [0.2, 0.25) is 0 Å². The highest BCUT2D eigenvalue weighted by Crippen LogP contribution is 2.31. The number of benzene rings is 4. The van der Waals surface area contributed by atoms with Crippen molar-refractivity contribution in [3.63, 3.8) is 0 Å². The fourth-order valence-corrected chi connectivity index (χ4v) is 6.25. The van der Waals surface area contributed by atoms with Crippen molar-refractivity contribution in [2.45, 2.75) is 38.5 Å². The lowest BCUT2D eigenvalue weighted by atomic mass is 9.99. The van der Waals surface area contributed by atoms with Crippen LogP contribution in [-0.2, 0) is 17.6 Å². The Morgan fingerprint density at radius 2 is 1.60 bits per heavy atom. The van der Waals surface area contributed by atoms with Gasteiger partial charge >= 0.3 is 0 Å². The number of ether oxygens (including phenoxy) is 1. The van der Waals surface area contributed by atoms with E-state index >= 15 is 0 Å². The van der Waals surface area contributed by atoms with E-state index in [9.17, 15) is 24.8 Å². The maximum absolute atomic E-state index is 13.6. The molecule has 0 atom stereocenters. The molecule has 0 amide bonds. The Kier molecular flexibility index (Phi) is 12.4. The lowest BCUT2D eigenvalue weighted by molar-refractivity contribution is -0.384. The molecule has 1 saturated heterocycles. The number of hydrazine groups is 1. The number of nitrogens with two attached hydrogens (primary N) is 3. The first-order chi connectivity index (χ1) is 24.2. The number of aromatic hydroxyl groups is 1. The Balaban J connectivity index is 1.31. The van der Waals surface area contributed by atoms with Crippen molar-refractivity contribution in [2.75, 3.05) is 57.5 Å². The fourth-order valence-electron chi connectivity index (χ4n) is 6.25. The van der Waals surface area contributed by atoms with Crippen LogP contribution in [0.4, 0.5) is 11.4 Å². The molecule has 0 aromatic heterocycles. The van der Waals surface area contributed by atoms with Gasteiger partial charge in [0.25, 0.3) is 5.69 Å². The van der Waals surface area contributed by atoms with Gasteiger partial charge in [0.1, 0.15) is 16.8 Å². The number of anilines is 1. The largest absolute Gasteiger partial charge is 0.507 e. The lowest BCUT2D eigenvalue weighted by Gasteiger charge is -2.26. The van der Waals surface area contributed by atoms with E-state index < -0.39 is 21.5 Å². The maximum Gasteiger partial charge on any atom is 0.294 e. The minimum Gasteiger partial charge on any atom is -0.507 e. The molecule has 0 spiro atoms. The average Bonchev–Trinajstić information content (AvgIpc) is 3.12. The Hall–Kier alpha value is -5.02. The van der Waals surface area contributed by atoms with Gasteiger partial charge in [-0.15, -0.1) is 0 Å². The smallest absolute Gasteiger partial charge is 0.294 e. The highest BCUT2D eigenvalue weighted by molar-refractivity contribution is 5.90. The van der Waals surface area contributed by atoms with Crippen LogP contribution in [-0.4, -0.2) is 67.4 Å². The predicted octanol–water partition coefficient (Wildman–Crippen LogP) is 1.71. The normalized spacial score (nSPS) is 14.4. The zero-order valence-corrected chi connectivity index (χ0v) is 28.1. The highest BCUT2D eigenvalue weighted by atomic mass is 16.6. The Bertz CT molecular complexity index is 2040. The quantitative estimate of drug-likeness (QED) is 0.0612. The average molecular weight is 685 g/mol. The van der Waals surface area contributed by atoms with Crippen molar-refractivity contribution in [1.29, 1.82) is 0 Å². The third-order valence-electron chi connectivity index (χ3n) is 9.04. The third-order valence-corrected chi connectivity index (χ3v) is 9.04. The number of fused-ring (bicyclic) bond motifs is 1. The van der Waals surface area contributed by atoms with Gasteiger partial charge in [0.2, 0.25) is 10.9 Å². The first-order valence-corrected chi connectivity index (χ1v) is 16.9. The van der Waals surface area contributed by atoms with Gasteiger partial charge in [-0.2, -0.15) is 5.10 Å². The second kappa shape index (κ2) is 17.1. The minimum atomic E-state index is -0.728. The minimum absolute atomic E-state index is 0.0136. The molecule has 50 heavy (non-hydrogen) atoms. The van der Waals surface area contributed by atoms with E-state index in [0.29, 0.717) is 19.4 Å². The number of unbranched alkanes of at least 4 members (excludes halogenated alkanes) is 2. The van der Waals surface area contributed by atoms with Crippen LogP contribution < -0.4 is 44.0 Å². The number of aryl methyl sites for hydroxylation is 1. The fraction of sp³-hybridized carbons (Fsp3) is 0.389. The van der Waals surface area contributed by atoms with E-state index in [-0.39, 0.29) is 46.0 Å². The summed E-state index contributed by atoms with van der Waals surface area (Å²) in [5.41, 5.74) is 7.40.